The number of nitrogens with zero attached hydrogens (tertiary/aromatic N) is 6. The molecule has 1 atom stereocenters. The Kier molecular flexibility index (Phi) is 5.27. The highest BCUT2D eigenvalue weighted by atomic mass is 35.5. The van der Waals surface area contributed by atoms with E-state index in [0.717, 1.165) is 0 Å². The monoisotopic (exact) mass is 481 g/mol. The Labute approximate surface area is 193 Å². The largest absolute Gasteiger partial charge is 0.422 e. The van der Waals surface area contributed by atoms with Crippen molar-refractivity contribution in [3.63, 3.8) is 0 Å². The molecular formula is C21H16ClN7O3S. The summed E-state index contributed by atoms with van der Waals surface area (Å²) in [5.41, 5.74) is 0.575. The second kappa shape index (κ2) is 8.26. The number of hydrogen-bond donors (Lipinski definition) is 1. The topological polar surface area (TPSA) is 129 Å². The Morgan fingerprint density at radius 3 is 2.55 bits per heavy atom. The summed E-state index contributed by atoms with van der Waals surface area (Å²) >= 11 is 6.34. The quantitative estimate of drug-likeness (QED) is 0.384. The Morgan fingerprint density at radius 1 is 1.03 bits per heavy atom. The fourth-order valence-corrected chi connectivity index (χ4v) is 4.92. The maximum Gasteiger partial charge on any atom is 0.296 e. The van der Waals surface area contributed by atoms with Crippen LogP contribution in [-0.4, -0.2) is 38.1 Å². The van der Waals surface area contributed by atoms with Crippen molar-refractivity contribution in [2.75, 3.05) is 5.32 Å². The highest BCUT2D eigenvalue weighted by molar-refractivity contribution is 7.91. The van der Waals surface area contributed by atoms with E-state index in [1.807, 2.05) is 6.92 Å². The lowest BCUT2D eigenvalue weighted by Gasteiger charge is -2.11. The van der Waals surface area contributed by atoms with E-state index in [0.29, 0.717) is 17.3 Å². The van der Waals surface area contributed by atoms with Crippen LogP contribution in [0.25, 0.3) is 17.0 Å². The molecule has 5 aromatic rings. The molecule has 2 aromatic carbocycles. The number of nitrogens with one attached hydrogen (secondary N) is 1. The van der Waals surface area contributed by atoms with Gasteiger partial charge in [-0.15, -0.1) is 0 Å². The smallest absolute Gasteiger partial charge is 0.296 e. The van der Waals surface area contributed by atoms with Gasteiger partial charge in [-0.3, -0.25) is 0 Å². The molecule has 33 heavy (non-hydrogen) atoms. The number of aromatic nitrogens is 6. The molecule has 10 nitrogen and oxygen atoms in total. The van der Waals surface area contributed by atoms with Crippen LogP contribution in [0.4, 0.5) is 6.01 Å². The van der Waals surface area contributed by atoms with Crippen molar-refractivity contribution in [3.05, 3.63) is 78.1 Å². The summed E-state index contributed by atoms with van der Waals surface area (Å²) in [6.45, 7) is 1.84. The fraction of sp³-hybridized carbons (Fsp3) is 0.0952. The van der Waals surface area contributed by atoms with Crippen LogP contribution >= 0.6 is 11.6 Å². The van der Waals surface area contributed by atoms with Crippen LogP contribution in [-0.2, 0) is 9.84 Å². The number of fused-ring (bicyclic) bond motifs is 1. The van der Waals surface area contributed by atoms with E-state index in [-0.39, 0.29) is 26.4 Å². The molecule has 0 saturated heterocycles. The maximum absolute atomic E-state index is 13.0. The zero-order valence-electron chi connectivity index (χ0n) is 17.1. The van der Waals surface area contributed by atoms with Gasteiger partial charge in [-0.05, 0) is 37.3 Å². The highest BCUT2D eigenvalue weighted by Gasteiger charge is 2.23. The lowest BCUT2D eigenvalue weighted by Crippen LogP contribution is -2.15. The van der Waals surface area contributed by atoms with E-state index in [4.69, 9.17) is 16.0 Å². The van der Waals surface area contributed by atoms with Crippen molar-refractivity contribution in [2.45, 2.75) is 22.8 Å². The summed E-state index contributed by atoms with van der Waals surface area (Å²) in [6.07, 6.45) is 4.61. The van der Waals surface area contributed by atoms with Gasteiger partial charge in [0.15, 0.2) is 11.4 Å². The predicted octanol–water partition coefficient (Wildman–Crippen LogP) is 3.86. The molecule has 0 spiro atoms. The second-order valence-corrected chi connectivity index (χ2v) is 9.39. The van der Waals surface area contributed by atoms with Gasteiger partial charge in [0.25, 0.3) is 12.0 Å². The molecule has 0 saturated carbocycles. The summed E-state index contributed by atoms with van der Waals surface area (Å²) in [6, 6.07) is 12.4. The van der Waals surface area contributed by atoms with Crippen LogP contribution in [0.15, 0.2) is 81.5 Å². The van der Waals surface area contributed by atoms with Crippen molar-refractivity contribution < 1.29 is 12.8 Å². The molecule has 0 unspecified atom stereocenters. The molecule has 3 aromatic heterocycles. The first-order valence-electron chi connectivity index (χ1n) is 9.77. The van der Waals surface area contributed by atoms with Gasteiger partial charge in [0, 0.05) is 12.4 Å². The molecule has 5 rings (SSSR count). The van der Waals surface area contributed by atoms with E-state index in [1.165, 1.54) is 35.3 Å². The molecule has 0 bridgehead atoms. The van der Waals surface area contributed by atoms with Crippen LogP contribution in [0.5, 0.6) is 0 Å². The summed E-state index contributed by atoms with van der Waals surface area (Å²) in [7, 11) is -3.76. The van der Waals surface area contributed by atoms with Crippen molar-refractivity contribution >= 4 is 38.6 Å². The minimum absolute atomic E-state index is 0.0278. The molecule has 1 N–H and O–H groups in total. The van der Waals surface area contributed by atoms with Gasteiger partial charge in [0.05, 0.1) is 20.9 Å². The number of anilines is 1. The first-order valence-corrected chi connectivity index (χ1v) is 11.6. The minimum Gasteiger partial charge on any atom is -0.422 e. The van der Waals surface area contributed by atoms with Crippen LogP contribution < -0.4 is 5.32 Å². The molecule has 12 heteroatoms. The van der Waals surface area contributed by atoms with Crippen molar-refractivity contribution in [2.24, 2.45) is 0 Å². The number of oxazole rings is 1. The molecule has 0 radical (unpaired) electrons. The first kappa shape index (κ1) is 21.0. The van der Waals surface area contributed by atoms with E-state index in [2.05, 4.69) is 30.4 Å². The maximum atomic E-state index is 13.0. The van der Waals surface area contributed by atoms with Crippen molar-refractivity contribution in [3.8, 4) is 5.95 Å². The lowest BCUT2D eigenvalue weighted by atomic mass is 10.3. The summed E-state index contributed by atoms with van der Waals surface area (Å²) < 4.78 is 33.2. The number of halogens is 1. The van der Waals surface area contributed by atoms with Crippen LogP contribution in [0, 0.1) is 0 Å². The molecular weight excluding hydrogens is 466 g/mol. The van der Waals surface area contributed by atoms with Gasteiger partial charge in [0.1, 0.15) is 11.8 Å². The lowest BCUT2D eigenvalue weighted by molar-refractivity contribution is 0.592. The standard InChI is InChI=1S/C21H16ClN7O3S/c1-13(19-25-12-26-29(19)20-23-8-5-9-24-20)27-21-28-17-11-15(10-16(22)18(17)32-21)33(30,31)14-6-3-2-4-7-14/h2-13H,1H3,(H,27,28)/t13-/m0/s1. The number of rotatable bonds is 6. The molecule has 166 valence electrons. The summed E-state index contributed by atoms with van der Waals surface area (Å²) in [5.74, 6) is 0.900. The first-order chi connectivity index (χ1) is 15.9. The molecule has 0 amide bonds. The van der Waals surface area contributed by atoms with E-state index >= 15 is 0 Å². The molecule has 0 aliphatic rings. The van der Waals surface area contributed by atoms with E-state index < -0.39 is 15.9 Å². The highest BCUT2D eigenvalue weighted by Crippen LogP contribution is 2.33. The normalized spacial score (nSPS) is 12.7. The van der Waals surface area contributed by atoms with Gasteiger partial charge < -0.3 is 9.73 Å². The Morgan fingerprint density at radius 2 is 1.79 bits per heavy atom. The second-order valence-electron chi connectivity index (χ2n) is 7.03. The van der Waals surface area contributed by atoms with Gasteiger partial charge >= 0.3 is 0 Å². The average Bonchev–Trinajstić information content (AvgIpc) is 3.47. The third-order valence-electron chi connectivity index (χ3n) is 4.83. The Balaban J connectivity index is 1.47. The molecule has 0 aliphatic carbocycles. The molecule has 3 heterocycles. The van der Waals surface area contributed by atoms with Crippen LogP contribution in [0.2, 0.25) is 5.02 Å². The van der Waals surface area contributed by atoms with Crippen LogP contribution in [0.3, 0.4) is 0 Å². The summed E-state index contributed by atoms with van der Waals surface area (Å²) in [4.78, 5) is 17.2. The summed E-state index contributed by atoms with van der Waals surface area (Å²) in [5, 5.41) is 7.41. The molecule has 0 aliphatic heterocycles. The zero-order chi connectivity index (χ0) is 23.0. The average molecular weight is 482 g/mol. The van der Waals surface area contributed by atoms with Gasteiger partial charge in [-0.1, -0.05) is 29.8 Å². The zero-order valence-corrected chi connectivity index (χ0v) is 18.7. The third kappa shape index (κ3) is 3.92. The molecule has 0 fully saturated rings. The van der Waals surface area contributed by atoms with E-state index in [1.54, 1.807) is 36.7 Å². The Bertz CT molecular complexity index is 1540. The fourth-order valence-electron chi connectivity index (χ4n) is 3.27. The van der Waals surface area contributed by atoms with Crippen LogP contribution in [0.1, 0.15) is 18.8 Å². The number of benzene rings is 2. The van der Waals surface area contributed by atoms with Gasteiger partial charge in [0.2, 0.25) is 9.84 Å². The van der Waals surface area contributed by atoms with Gasteiger partial charge in [-0.2, -0.15) is 14.8 Å². The van der Waals surface area contributed by atoms with Crippen molar-refractivity contribution in [1.82, 2.24) is 29.7 Å². The third-order valence-corrected chi connectivity index (χ3v) is 6.85. The van der Waals surface area contributed by atoms with E-state index in [9.17, 15) is 8.42 Å². The number of hydrogen-bond acceptors (Lipinski definition) is 9. The predicted molar refractivity (Wildman–Crippen MR) is 120 cm³/mol. The minimum atomic E-state index is -3.76. The Hall–Kier alpha value is -3.83. The SMILES string of the molecule is C[C@H](Nc1nc2cc(S(=O)(=O)c3ccccc3)cc(Cl)c2o1)c1ncnn1-c1ncccn1. The number of sulfone groups is 1. The van der Waals surface area contributed by atoms with Gasteiger partial charge in [-0.25, -0.2) is 23.4 Å². The van der Waals surface area contributed by atoms with Crippen molar-refractivity contribution in [1.29, 1.82) is 0 Å².